The zero-order chi connectivity index (χ0) is 15.9. The van der Waals surface area contributed by atoms with Crippen LogP contribution in [0.15, 0.2) is 23.0 Å². The Labute approximate surface area is 126 Å². The number of carbonyl (C=O) groups excluding carboxylic acids is 1. The molecule has 0 amide bonds. The van der Waals surface area contributed by atoms with Crippen LogP contribution in [0.3, 0.4) is 0 Å². The molecule has 1 aromatic heterocycles. The van der Waals surface area contributed by atoms with E-state index in [1.165, 1.54) is 19.2 Å². The first-order valence-corrected chi connectivity index (χ1v) is 6.67. The van der Waals surface area contributed by atoms with E-state index < -0.39 is 23.8 Å². The molecule has 0 bridgehead atoms. The molecular weight excluding hydrogens is 290 g/mol. The predicted molar refractivity (Wildman–Crippen MR) is 77.3 cm³/mol. The third-order valence-electron chi connectivity index (χ3n) is 3.38. The van der Waals surface area contributed by atoms with Gasteiger partial charge in [0.15, 0.2) is 0 Å². The van der Waals surface area contributed by atoms with Gasteiger partial charge in [0.05, 0.1) is 17.9 Å². The molecule has 0 spiro atoms. The van der Waals surface area contributed by atoms with Gasteiger partial charge in [0.1, 0.15) is 26.7 Å². The van der Waals surface area contributed by atoms with Crippen molar-refractivity contribution in [2.24, 2.45) is 0 Å². The van der Waals surface area contributed by atoms with Gasteiger partial charge in [-0.3, -0.25) is 9.59 Å². The molecule has 2 aromatic rings. The second kappa shape index (κ2) is 5.44. The monoisotopic (exact) mass is 302 g/mol. The van der Waals surface area contributed by atoms with E-state index in [9.17, 15) is 14.0 Å². The summed E-state index contributed by atoms with van der Waals surface area (Å²) in [6, 6.07) is 4.62. The number of alkyl halides is 1. The number of esters is 1. The fourth-order valence-corrected chi connectivity index (χ4v) is 2.06. The second-order valence-corrected chi connectivity index (χ2v) is 5.06. The minimum Gasteiger partial charge on any atom is -0.470 e. The Morgan fingerprint density at radius 2 is 2.23 bits per heavy atom. The summed E-state index contributed by atoms with van der Waals surface area (Å²) in [6.45, 7) is -0.351. The molecule has 0 aliphatic heterocycles. The number of rotatable bonds is 4. The van der Waals surface area contributed by atoms with Crippen LogP contribution in [-0.4, -0.2) is 43.0 Å². The summed E-state index contributed by atoms with van der Waals surface area (Å²) < 4.78 is 24.0. The quantitative estimate of drug-likeness (QED) is 0.580. The molecule has 0 saturated heterocycles. The lowest BCUT2D eigenvalue weighted by atomic mass is 9.94. The highest BCUT2D eigenvalue weighted by Gasteiger charge is 2.41. The maximum Gasteiger partial charge on any atom is 0.327 e. The van der Waals surface area contributed by atoms with Gasteiger partial charge in [-0.05, 0) is 6.07 Å². The van der Waals surface area contributed by atoms with Crippen LogP contribution in [0, 0.1) is 0 Å². The first-order valence-electron chi connectivity index (χ1n) is 6.67. The smallest absolute Gasteiger partial charge is 0.327 e. The third-order valence-corrected chi connectivity index (χ3v) is 3.38. The van der Waals surface area contributed by atoms with Gasteiger partial charge in [0.2, 0.25) is 5.88 Å². The molecule has 8 heteroatoms. The summed E-state index contributed by atoms with van der Waals surface area (Å²) in [5.74, 6) is -0.541. The molecule has 1 aromatic carbocycles. The highest BCUT2D eigenvalue weighted by Crippen LogP contribution is 2.32. The Kier molecular flexibility index (Phi) is 3.60. The normalized spacial score (nSPS) is 19.9. The van der Waals surface area contributed by atoms with Crippen LogP contribution < -0.4 is 15.8 Å². The number of methoxy groups -OCH3 is 1. The number of halogens is 1. The highest BCUT2D eigenvalue weighted by atomic mass is 19.1. The van der Waals surface area contributed by atoms with Gasteiger partial charge >= 0.3 is 5.97 Å². The molecule has 3 rings (SSSR count). The standard InChI is InChI=1S/C14H12BFN2O4/c1-21-12(19)6-18-14(20)8-3-2-7(15)4-9(8)13(17-18)22-11-5-10(11)16/h2-4,10-11H,5-6H2,1H3/t10?,11-/m0/s1. The first kappa shape index (κ1) is 14.6. The molecule has 6 nitrogen and oxygen atoms in total. The van der Waals surface area contributed by atoms with Crippen LogP contribution in [0.2, 0.25) is 0 Å². The fraction of sp³-hybridized carbons (Fsp3) is 0.357. The molecule has 1 heterocycles. The lowest BCUT2D eigenvalue weighted by Gasteiger charge is -2.11. The lowest BCUT2D eigenvalue weighted by Crippen LogP contribution is -2.28. The summed E-state index contributed by atoms with van der Waals surface area (Å²) in [4.78, 5) is 23.7. The Morgan fingerprint density at radius 3 is 2.86 bits per heavy atom. The minimum absolute atomic E-state index is 0.0796. The maximum atomic E-state index is 13.1. The summed E-state index contributed by atoms with van der Waals surface area (Å²) in [6.07, 6.45) is -1.35. The van der Waals surface area contributed by atoms with Crippen molar-refractivity contribution in [1.82, 2.24) is 9.78 Å². The van der Waals surface area contributed by atoms with Gasteiger partial charge in [-0.2, -0.15) is 0 Å². The molecule has 1 unspecified atom stereocenters. The molecule has 112 valence electrons. The number of aromatic nitrogens is 2. The third kappa shape index (κ3) is 2.68. The van der Waals surface area contributed by atoms with Crippen molar-refractivity contribution in [3.63, 3.8) is 0 Å². The van der Waals surface area contributed by atoms with E-state index in [-0.39, 0.29) is 18.8 Å². The molecule has 1 aliphatic rings. The van der Waals surface area contributed by atoms with Gasteiger partial charge in [0, 0.05) is 6.42 Å². The van der Waals surface area contributed by atoms with Crippen molar-refractivity contribution in [2.45, 2.75) is 25.2 Å². The number of hydrogen-bond donors (Lipinski definition) is 0. The van der Waals surface area contributed by atoms with Crippen LogP contribution >= 0.6 is 0 Å². The van der Waals surface area contributed by atoms with E-state index in [2.05, 4.69) is 9.84 Å². The summed E-state index contributed by atoms with van der Waals surface area (Å²) >= 11 is 0. The van der Waals surface area contributed by atoms with Gasteiger partial charge in [-0.25, -0.2) is 9.07 Å². The maximum absolute atomic E-state index is 13.1. The van der Waals surface area contributed by atoms with Crippen molar-refractivity contribution in [1.29, 1.82) is 0 Å². The van der Waals surface area contributed by atoms with Crippen molar-refractivity contribution >= 4 is 30.1 Å². The number of fused-ring (bicyclic) bond motifs is 1. The molecule has 1 fully saturated rings. The van der Waals surface area contributed by atoms with E-state index in [1.54, 1.807) is 6.07 Å². The highest BCUT2D eigenvalue weighted by molar-refractivity contribution is 6.33. The van der Waals surface area contributed by atoms with E-state index in [4.69, 9.17) is 12.6 Å². The number of hydrogen-bond acceptors (Lipinski definition) is 5. The van der Waals surface area contributed by atoms with Gasteiger partial charge < -0.3 is 9.47 Å². The zero-order valence-electron chi connectivity index (χ0n) is 11.8. The molecule has 1 aliphatic carbocycles. The Hall–Kier alpha value is -2.38. The molecule has 0 N–H and O–H groups in total. The molecule has 1 saturated carbocycles. The van der Waals surface area contributed by atoms with Crippen molar-refractivity contribution in [3.05, 3.63) is 28.6 Å². The average Bonchev–Trinajstić information content (AvgIpc) is 3.18. The number of ether oxygens (including phenoxy) is 2. The molecule has 2 atom stereocenters. The average molecular weight is 302 g/mol. The molecule has 22 heavy (non-hydrogen) atoms. The lowest BCUT2D eigenvalue weighted by molar-refractivity contribution is -0.141. The summed E-state index contributed by atoms with van der Waals surface area (Å²) in [5, 5.41) is 4.69. The van der Waals surface area contributed by atoms with E-state index in [1.807, 2.05) is 0 Å². The van der Waals surface area contributed by atoms with E-state index in [0.717, 1.165) is 4.68 Å². The molecule has 2 radical (unpaired) electrons. The topological polar surface area (TPSA) is 70.4 Å². The minimum atomic E-state index is -1.04. The van der Waals surface area contributed by atoms with Crippen molar-refractivity contribution in [2.75, 3.05) is 7.11 Å². The van der Waals surface area contributed by atoms with E-state index >= 15 is 0 Å². The van der Waals surface area contributed by atoms with Crippen LogP contribution in [0.4, 0.5) is 4.39 Å². The predicted octanol–water partition coefficient (Wildman–Crippen LogP) is -0.148. The second-order valence-electron chi connectivity index (χ2n) is 5.06. The Bertz CT molecular complexity index is 807. The van der Waals surface area contributed by atoms with Crippen LogP contribution in [0.25, 0.3) is 10.8 Å². The largest absolute Gasteiger partial charge is 0.470 e. The van der Waals surface area contributed by atoms with Crippen LogP contribution in [0.1, 0.15) is 6.42 Å². The van der Waals surface area contributed by atoms with Crippen molar-refractivity contribution < 1.29 is 18.7 Å². The number of benzene rings is 1. The van der Waals surface area contributed by atoms with Gasteiger partial charge in [-0.1, -0.05) is 17.6 Å². The summed E-state index contributed by atoms with van der Waals surface area (Å²) in [7, 11) is 6.93. The van der Waals surface area contributed by atoms with Crippen molar-refractivity contribution in [3.8, 4) is 5.88 Å². The van der Waals surface area contributed by atoms with Crippen LogP contribution in [0.5, 0.6) is 5.88 Å². The van der Waals surface area contributed by atoms with Gasteiger partial charge in [-0.15, -0.1) is 5.10 Å². The number of nitrogens with zero attached hydrogens (tertiary/aromatic N) is 2. The Balaban J connectivity index is 2.12. The van der Waals surface area contributed by atoms with Crippen LogP contribution in [-0.2, 0) is 16.1 Å². The van der Waals surface area contributed by atoms with Gasteiger partial charge in [0.25, 0.3) is 5.56 Å². The Morgan fingerprint density at radius 1 is 1.50 bits per heavy atom. The first-order chi connectivity index (χ1) is 10.5. The molecular formula is C14H12BFN2O4. The fourth-order valence-electron chi connectivity index (χ4n) is 2.06. The SMILES string of the molecule is [B]c1ccc2c(=O)n(CC(=O)OC)nc(O[C@H]3CC3F)c2c1. The van der Waals surface area contributed by atoms with E-state index in [0.29, 0.717) is 16.2 Å². The zero-order valence-corrected chi connectivity index (χ0v) is 11.8. The summed E-state index contributed by atoms with van der Waals surface area (Å²) in [5.41, 5.74) is -0.0443. The number of carbonyl (C=O) groups is 1.